The number of amides is 1. The van der Waals surface area contributed by atoms with E-state index in [4.69, 9.17) is 0 Å². The molecule has 154 valence electrons. The molecule has 7 heteroatoms. The van der Waals surface area contributed by atoms with Gasteiger partial charge >= 0.3 is 0 Å². The molecule has 2 aromatic rings. The van der Waals surface area contributed by atoms with Crippen LogP contribution in [0, 0.1) is 12.7 Å². The molecule has 0 spiro atoms. The summed E-state index contributed by atoms with van der Waals surface area (Å²) in [7, 11) is -3.59. The predicted molar refractivity (Wildman–Crippen MR) is 109 cm³/mol. The number of hydrogen-bond donors (Lipinski definition) is 0. The Labute approximate surface area is 171 Å². The molecule has 0 N–H and O–H groups in total. The molecule has 2 aliphatic rings. The zero-order chi connectivity index (χ0) is 20.6. The van der Waals surface area contributed by atoms with Crippen molar-refractivity contribution in [2.24, 2.45) is 0 Å². The van der Waals surface area contributed by atoms with Gasteiger partial charge in [-0.1, -0.05) is 12.1 Å². The van der Waals surface area contributed by atoms with E-state index in [2.05, 4.69) is 0 Å². The molecule has 4 rings (SSSR count). The normalized spacial score (nSPS) is 17.8. The van der Waals surface area contributed by atoms with Crippen molar-refractivity contribution in [3.05, 3.63) is 64.5 Å². The second-order valence-electron chi connectivity index (χ2n) is 7.80. The van der Waals surface area contributed by atoms with Gasteiger partial charge in [0.1, 0.15) is 5.82 Å². The van der Waals surface area contributed by atoms with E-state index in [1.165, 1.54) is 15.9 Å². The molecule has 0 aromatic heterocycles. The highest BCUT2D eigenvalue weighted by Crippen LogP contribution is 2.26. The number of sulfonamides is 1. The minimum absolute atomic E-state index is 0.236. The van der Waals surface area contributed by atoms with Gasteiger partial charge in [0.15, 0.2) is 0 Å². The van der Waals surface area contributed by atoms with Gasteiger partial charge in [-0.25, -0.2) is 12.8 Å². The van der Waals surface area contributed by atoms with Gasteiger partial charge in [-0.05, 0) is 73.6 Å². The van der Waals surface area contributed by atoms with Crippen molar-refractivity contribution >= 4 is 15.9 Å². The molecule has 0 unspecified atom stereocenters. The number of piperazine rings is 1. The average molecular weight is 417 g/mol. The van der Waals surface area contributed by atoms with Crippen LogP contribution >= 0.6 is 0 Å². The lowest BCUT2D eigenvalue weighted by molar-refractivity contribution is 0.0697. The third kappa shape index (κ3) is 3.94. The molecule has 2 aromatic carbocycles. The van der Waals surface area contributed by atoms with Crippen LogP contribution in [0.5, 0.6) is 0 Å². The Balaban J connectivity index is 1.46. The summed E-state index contributed by atoms with van der Waals surface area (Å²) < 4.78 is 41.4. The van der Waals surface area contributed by atoms with Crippen molar-refractivity contribution in [3.63, 3.8) is 0 Å². The third-order valence-electron chi connectivity index (χ3n) is 5.90. The highest BCUT2D eigenvalue weighted by Gasteiger charge is 2.31. The fourth-order valence-corrected chi connectivity index (χ4v) is 5.53. The Morgan fingerprint density at radius 3 is 2.31 bits per heavy atom. The summed E-state index contributed by atoms with van der Waals surface area (Å²) in [5, 5.41) is 0. The smallest absolute Gasteiger partial charge is 0.254 e. The van der Waals surface area contributed by atoms with Crippen LogP contribution in [0.2, 0.25) is 0 Å². The van der Waals surface area contributed by atoms with Crippen LogP contribution in [0.15, 0.2) is 41.3 Å². The van der Waals surface area contributed by atoms with E-state index in [0.29, 0.717) is 29.1 Å². The number of halogens is 1. The van der Waals surface area contributed by atoms with Crippen LogP contribution in [-0.4, -0.2) is 49.7 Å². The van der Waals surface area contributed by atoms with Crippen LogP contribution in [0.3, 0.4) is 0 Å². The summed E-state index contributed by atoms with van der Waals surface area (Å²) in [5.41, 5.74) is 3.16. The van der Waals surface area contributed by atoms with Crippen molar-refractivity contribution < 1.29 is 17.6 Å². The summed E-state index contributed by atoms with van der Waals surface area (Å²) in [6.45, 7) is 2.70. The Morgan fingerprint density at radius 2 is 1.62 bits per heavy atom. The quantitative estimate of drug-likeness (QED) is 0.772. The summed E-state index contributed by atoms with van der Waals surface area (Å²) in [6.07, 6.45) is 4.18. The third-order valence-corrected chi connectivity index (χ3v) is 7.80. The van der Waals surface area contributed by atoms with E-state index < -0.39 is 15.8 Å². The van der Waals surface area contributed by atoms with Crippen molar-refractivity contribution in [2.45, 2.75) is 37.5 Å². The highest BCUT2D eigenvalue weighted by atomic mass is 32.2. The van der Waals surface area contributed by atoms with Gasteiger partial charge in [-0.2, -0.15) is 4.31 Å². The number of benzene rings is 2. The molecule has 1 aliphatic carbocycles. The van der Waals surface area contributed by atoms with Crippen LogP contribution in [0.25, 0.3) is 0 Å². The monoisotopic (exact) mass is 416 g/mol. The first-order valence-corrected chi connectivity index (χ1v) is 11.5. The first-order valence-electron chi connectivity index (χ1n) is 10.0. The predicted octanol–water partition coefficient (Wildman–Crippen LogP) is 3.16. The fourth-order valence-electron chi connectivity index (χ4n) is 4.06. The summed E-state index contributed by atoms with van der Waals surface area (Å²) in [6, 6.07) is 9.89. The zero-order valence-corrected chi connectivity index (χ0v) is 17.3. The number of rotatable bonds is 3. The van der Waals surface area contributed by atoms with Gasteiger partial charge in [-0.15, -0.1) is 0 Å². The number of fused-ring (bicyclic) bond motifs is 1. The van der Waals surface area contributed by atoms with Crippen LogP contribution in [0.4, 0.5) is 4.39 Å². The number of aryl methyl sites for hydroxylation is 3. The molecular weight excluding hydrogens is 391 g/mol. The van der Waals surface area contributed by atoms with E-state index in [-0.39, 0.29) is 19.0 Å². The molecule has 5 nitrogen and oxygen atoms in total. The molecule has 0 atom stereocenters. The molecule has 1 heterocycles. The summed E-state index contributed by atoms with van der Waals surface area (Å²) >= 11 is 0. The molecule has 1 amide bonds. The van der Waals surface area contributed by atoms with Gasteiger partial charge in [-0.3, -0.25) is 4.79 Å². The molecular formula is C22H25FN2O3S. The second-order valence-corrected chi connectivity index (χ2v) is 9.74. The Kier molecular flexibility index (Phi) is 5.44. The fraction of sp³-hybridized carbons (Fsp3) is 0.409. The van der Waals surface area contributed by atoms with Crippen LogP contribution < -0.4 is 0 Å². The molecule has 1 fully saturated rings. The van der Waals surface area contributed by atoms with Gasteiger partial charge in [0.2, 0.25) is 10.0 Å². The lowest BCUT2D eigenvalue weighted by Gasteiger charge is -2.34. The van der Waals surface area contributed by atoms with Crippen molar-refractivity contribution in [1.29, 1.82) is 0 Å². The number of carbonyl (C=O) groups excluding carboxylic acids is 1. The molecule has 29 heavy (non-hydrogen) atoms. The minimum atomic E-state index is -3.59. The number of carbonyl (C=O) groups is 1. The molecule has 0 bridgehead atoms. The Morgan fingerprint density at radius 1 is 0.931 bits per heavy atom. The van der Waals surface area contributed by atoms with Crippen molar-refractivity contribution in [1.82, 2.24) is 9.21 Å². The van der Waals surface area contributed by atoms with E-state index in [0.717, 1.165) is 31.2 Å². The summed E-state index contributed by atoms with van der Waals surface area (Å²) in [4.78, 5) is 14.6. The summed E-state index contributed by atoms with van der Waals surface area (Å²) in [5.74, 6) is -0.681. The van der Waals surface area contributed by atoms with E-state index in [1.807, 2.05) is 12.1 Å². The average Bonchev–Trinajstić information content (AvgIpc) is 2.75. The van der Waals surface area contributed by atoms with Crippen LogP contribution in [-0.2, 0) is 22.9 Å². The second kappa shape index (κ2) is 7.88. The lowest BCUT2D eigenvalue weighted by atomic mass is 9.92. The maximum absolute atomic E-state index is 13.8. The zero-order valence-electron chi connectivity index (χ0n) is 16.5. The Hall–Kier alpha value is -2.25. The maximum Gasteiger partial charge on any atom is 0.254 e. The van der Waals surface area contributed by atoms with Crippen molar-refractivity contribution in [3.8, 4) is 0 Å². The Bertz CT molecular complexity index is 1040. The number of hydrogen-bond acceptors (Lipinski definition) is 3. The highest BCUT2D eigenvalue weighted by molar-refractivity contribution is 7.89. The van der Waals surface area contributed by atoms with Gasteiger partial charge in [0, 0.05) is 31.7 Å². The lowest BCUT2D eigenvalue weighted by Crippen LogP contribution is -2.50. The minimum Gasteiger partial charge on any atom is -0.336 e. The number of nitrogens with zero attached hydrogens (tertiary/aromatic N) is 2. The molecule has 0 saturated carbocycles. The molecule has 0 radical (unpaired) electrons. The molecule has 1 aliphatic heterocycles. The maximum atomic E-state index is 13.8. The topological polar surface area (TPSA) is 57.7 Å². The van der Waals surface area contributed by atoms with E-state index >= 15 is 0 Å². The van der Waals surface area contributed by atoms with E-state index in [1.54, 1.807) is 30.0 Å². The van der Waals surface area contributed by atoms with E-state index in [9.17, 15) is 17.6 Å². The molecule has 1 saturated heterocycles. The van der Waals surface area contributed by atoms with Gasteiger partial charge < -0.3 is 4.90 Å². The first kappa shape index (κ1) is 20.0. The first-order chi connectivity index (χ1) is 13.9. The van der Waals surface area contributed by atoms with Gasteiger partial charge in [0.25, 0.3) is 5.91 Å². The van der Waals surface area contributed by atoms with Gasteiger partial charge in [0.05, 0.1) is 4.90 Å². The largest absolute Gasteiger partial charge is 0.336 e. The van der Waals surface area contributed by atoms with Crippen LogP contribution in [0.1, 0.15) is 39.9 Å². The van der Waals surface area contributed by atoms with Crippen molar-refractivity contribution in [2.75, 3.05) is 26.2 Å². The standard InChI is InChI=1S/C22H25FN2O3S/c1-16-6-7-19(15-21(16)23)22(26)24-10-12-25(13-11-24)29(27,28)20-9-8-17-4-2-3-5-18(17)14-20/h6-9,14-15H,2-5,10-13H2,1H3. The SMILES string of the molecule is Cc1ccc(C(=O)N2CCN(S(=O)(=O)c3ccc4c(c3)CCCC4)CC2)cc1F.